The second-order valence-electron chi connectivity index (χ2n) is 5.87. The first-order chi connectivity index (χ1) is 10.3. The van der Waals surface area contributed by atoms with Gasteiger partial charge in [-0.15, -0.1) is 11.3 Å². The maximum Gasteiger partial charge on any atom is 0.186 e. The fourth-order valence-corrected chi connectivity index (χ4v) is 3.91. The molecule has 1 unspecified atom stereocenters. The van der Waals surface area contributed by atoms with Crippen LogP contribution in [-0.4, -0.2) is 51.0 Å². The molecule has 1 saturated carbocycles. The molecular formula is C15H25N3O2S. The van der Waals surface area contributed by atoms with Gasteiger partial charge < -0.3 is 19.7 Å². The van der Waals surface area contributed by atoms with Crippen molar-refractivity contribution in [2.75, 3.05) is 44.9 Å². The minimum absolute atomic E-state index is 0.422. The smallest absolute Gasteiger partial charge is 0.186 e. The summed E-state index contributed by atoms with van der Waals surface area (Å²) in [6, 6.07) is 0.422. The van der Waals surface area contributed by atoms with E-state index in [9.17, 15) is 0 Å². The molecule has 2 fully saturated rings. The van der Waals surface area contributed by atoms with E-state index < -0.39 is 0 Å². The van der Waals surface area contributed by atoms with Crippen LogP contribution in [0.2, 0.25) is 0 Å². The molecule has 21 heavy (non-hydrogen) atoms. The molecule has 2 aliphatic rings. The highest BCUT2D eigenvalue weighted by atomic mass is 32.1. The topological polar surface area (TPSA) is 46.6 Å². The third-order valence-corrected chi connectivity index (χ3v) is 5.17. The standard InChI is InChI=1S/C15H25N3O2S/c1-11-10-20-8-6-18(11)15-17-14(12-3-4-12)13(21-15)9-16-5-7-19-2/h11-12,16H,3-10H2,1-2H3. The molecule has 5 nitrogen and oxygen atoms in total. The average molecular weight is 311 g/mol. The molecule has 1 aromatic heterocycles. The van der Waals surface area contributed by atoms with Gasteiger partial charge in [-0.1, -0.05) is 0 Å². The van der Waals surface area contributed by atoms with Gasteiger partial charge in [0, 0.05) is 37.5 Å². The zero-order valence-corrected chi connectivity index (χ0v) is 13.7. The van der Waals surface area contributed by atoms with Gasteiger partial charge in [0.25, 0.3) is 0 Å². The van der Waals surface area contributed by atoms with Crippen LogP contribution in [0.15, 0.2) is 0 Å². The lowest BCUT2D eigenvalue weighted by Gasteiger charge is -2.32. The van der Waals surface area contributed by atoms with Crippen molar-refractivity contribution in [2.24, 2.45) is 0 Å². The summed E-state index contributed by atoms with van der Waals surface area (Å²) in [5.74, 6) is 0.700. The summed E-state index contributed by atoms with van der Waals surface area (Å²) in [7, 11) is 1.74. The van der Waals surface area contributed by atoms with Crippen molar-refractivity contribution in [3.63, 3.8) is 0 Å². The maximum absolute atomic E-state index is 5.53. The number of hydrogen-bond donors (Lipinski definition) is 1. The van der Waals surface area contributed by atoms with E-state index in [1.807, 2.05) is 11.3 Å². The van der Waals surface area contributed by atoms with Crippen molar-refractivity contribution < 1.29 is 9.47 Å². The summed E-state index contributed by atoms with van der Waals surface area (Å²) >= 11 is 1.85. The van der Waals surface area contributed by atoms with E-state index >= 15 is 0 Å². The molecule has 1 N–H and O–H groups in total. The Morgan fingerprint density at radius 2 is 2.33 bits per heavy atom. The van der Waals surface area contributed by atoms with Gasteiger partial charge in [-0.25, -0.2) is 4.98 Å². The quantitative estimate of drug-likeness (QED) is 0.780. The number of nitrogens with zero attached hydrogens (tertiary/aromatic N) is 2. The van der Waals surface area contributed by atoms with E-state index in [4.69, 9.17) is 14.5 Å². The molecule has 0 radical (unpaired) electrons. The summed E-state index contributed by atoms with van der Waals surface area (Å²) in [5.41, 5.74) is 1.33. The Bertz CT molecular complexity index is 462. The second kappa shape index (κ2) is 7.05. The molecule has 1 aromatic rings. The summed E-state index contributed by atoms with van der Waals surface area (Å²) < 4.78 is 10.6. The first-order valence-corrected chi connectivity index (χ1v) is 8.65. The first kappa shape index (κ1) is 15.2. The number of rotatable bonds is 7. The molecule has 3 rings (SSSR count). The molecule has 1 atom stereocenters. The van der Waals surface area contributed by atoms with Gasteiger partial charge in [0.05, 0.1) is 31.6 Å². The third kappa shape index (κ3) is 3.74. The van der Waals surface area contributed by atoms with Crippen LogP contribution in [0.25, 0.3) is 0 Å². The molecule has 0 spiro atoms. The van der Waals surface area contributed by atoms with E-state index in [0.717, 1.165) is 39.5 Å². The summed E-state index contributed by atoms with van der Waals surface area (Å²) in [6.45, 7) is 7.34. The van der Waals surface area contributed by atoms with Crippen LogP contribution in [0.5, 0.6) is 0 Å². The number of morpholine rings is 1. The van der Waals surface area contributed by atoms with E-state index in [0.29, 0.717) is 12.0 Å². The molecule has 1 aliphatic heterocycles. The molecule has 6 heteroatoms. The lowest BCUT2D eigenvalue weighted by molar-refractivity contribution is 0.0989. The van der Waals surface area contributed by atoms with Crippen molar-refractivity contribution in [1.82, 2.24) is 10.3 Å². The molecule has 1 saturated heterocycles. The van der Waals surface area contributed by atoms with Gasteiger partial charge in [-0.3, -0.25) is 0 Å². The van der Waals surface area contributed by atoms with Crippen LogP contribution in [0.4, 0.5) is 5.13 Å². The fraction of sp³-hybridized carbons (Fsp3) is 0.800. The van der Waals surface area contributed by atoms with Crippen LogP contribution >= 0.6 is 11.3 Å². The number of nitrogens with one attached hydrogen (secondary N) is 1. The Hall–Kier alpha value is -0.690. The second-order valence-corrected chi connectivity index (χ2v) is 6.93. The molecule has 0 amide bonds. The van der Waals surface area contributed by atoms with Gasteiger partial charge in [0.15, 0.2) is 5.13 Å². The minimum Gasteiger partial charge on any atom is -0.383 e. The number of hydrogen-bond acceptors (Lipinski definition) is 6. The Balaban J connectivity index is 1.69. The number of methoxy groups -OCH3 is 1. The van der Waals surface area contributed by atoms with E-state index in [-0.39, 0.29) is 0 Å². The van der Waals surface area contributed by atoms with Gasteiger partial charge in [-0.2, -0.15) is 0 Å². The summed E-state index contributed by atoms with van der Waals surface area (Å²) in [6.07, 6.45) is 2.60. The zero-order valence-electron chi connectivity index (χ0n) is 12.9. The Morgan fingerprint density at radius 3 is 3.05 bits per heavy atom. The van der Waals surface area contributed by atoms with Crippen molar-refractivity contribution in [3.8, 4) is 0 Å². The lowest BCUT2D eigenvalue weighted by atomic mass is 10.2. The monoisotopic (exact) mass is 311 g/mol. The molecule has 2 heterocycles. The molecular weight excluding hydrogens is 286 g/mol. The largest absolute Gasteiger partial charge is 0.383 e. The number of ether oxygens (including phenoxy) is 2. The highest BCUT2D eigenvalue weighted by Crippen LogP contribution is 2.44. The van der Waals surface area contributed by atoms with Crippen LogP contribution in [0.3, 0.4) is 0 Å². The van der Waals surface area contributed by atoms with Gasteiger partial charge in [0.2, 0.25) is 0 Å². The highest BCUT2D eigenvalue weighted by Gasteiger charge is 2.31. The van der Waals surface area contributed by atoms with Gasteiger partial charge >= 0.3 is 0 Å². The normalized spacial score (nSPS) is 22.8. The average Bonchev–Trinajstić information content (AvgIpc) is 3.25. The molecule has 1 aliphatic carbocycles. The first-order valence-electron chi connectivity index (χ1n) is 7.83. The van der Waals surface area contributed by atoms with Crippen molar-refractivity contribution in [3.05, 3.63) is 10.6 Å². The van der Waals surface area contributed by atoms with Gasteiger partial charge in [-0.05, 0) is 19.8 Å². The van der Waals surface area contributed by atoms with Crippen molar-refractivity contribution in [1.29, 1.82) is 0 Å². The maximum atomic E-state index is 5.53. The predicted molar refractivity (Wildman–Crippen MR) is 85.3 cm³/mol. The van der Waals surface area contributed by atoms with Crippen LogP contribution < -0.4 is 10.2 Å². The highest BCUT2D eigenvalue weighted by molar-refractivity contribution is 7.15. The van der Waals surface area contributed by atoms with E-state index in [2.05, 4.69) is 17.1 Å². The molecule has 0 bridgehead atoms. The van der Waals surface area contributed by atoms with Crippen LogP contribution in [-0.2, 0) is 16.0 Å². The molecule has 0 aromatic carbocycles. The minimum atomic E-state index is 0.422. The summed E-state index contributed by atoms with van der Waals surface area (Å²) in [4.78, 5) is 8.77. The third-order valence-electron chi connectivity index (χ3n) is 4.06. The van der Waals surface area contributed by atoms with Crippen molar-refractivity contribution in [2.45, 2.75) is 38.3 Å². The van der Waals surface area contributed by atoms with E-state index in [1.165, 1.54) is 28.5 Å². The lowest BCUT2D eigenvalue weighted by Crippen LogP contribution is -2.43. The van der Waals surface area contributed by atoms with Crippen LogP contribution in [0.1, 0.15) is 36.3 Å². The predicted octanol–water partition coefficient (Wildman–Crippen LogP) is 1.98. The SMILES string of the molecule is COCCNCc1sc(N2CCOCC2C)nc1C1CC1. The van der Waals surface area contributed by atoms with Crippen LogP contribution in [0, 0.1) is 0 Å². The Labute approximate surface area is 130 Å². The van der Waals surface area contributed by atoms with Crippen molar-refractivity contribution >= 4 is 16.5 Å². The number of thiazole rings is 1. The van der Waals surface area contributed by atoms with E-state index in [1.54, 1.807) is 7.11 Å². The summed E-state index contributed by atoms with van der Waals surface area (Å²) in [5, 5.41) is 4.63. The Morgan fingerprint density at radius 1 is 1.48 bits per heavy atom. The molecule has 118 valence electrons. The zero-order chi connectivity index (χ0) is 14.7. The number of anilines is 1. The van der Waals surface area contributed by atoms with Gasteiger partial charge in [0.1, 0.15) is 0 Å². The Kier molecular flexibility index (Phi) is 5.11. The fourth-order valence-electron chi connectivity index (χ4n) is 2.66. The number of aromatic nitrogens is 1.